The second-order valence-electron chi connectivity index (χ2n) is 5.43. The van der Waals surface area contributed by atoms with Crippen LogP contribution < -0.4 is 5.73 Å². The Hall–Kier alpha value is -0.810. The summed E-state index contributed by atoms with van der Waals surface area (Å²) in [5, 5.41) is 0. The largest absolute Gasteiger partial charge is 0.375 e. The van der Waals surface area contributed by atoms with Gasteiger partial charge < -0.3 is 20.1 Å². The number of nitrogens with zero attached hydrogens (tertiary/aromatic N) is 2. The van der Waals surface area contributed by atoms with E-state index in [-0.39, 0.29) is 17.7 Å². The van der Waals surface area contributed by atoms with Gasteiger partial charge in [0.25, 0.3) is 0 Å². The van der Waals surface area contributed by atoms with E-state index < -0.39 is 0 Å². The number of hydrogen-bond donors (Lipinski definition) is 1. The standard InChI is InChI=1S/C13H23N3O2/c1-2-17-11-9-10(13(11)5-3-8-18-13)15-12(14)16-6-4-7-16/h10-11H,2-9H2,1H3,(H2,14,15). The molecule has 2 saturated heterocycles. The highest BCUT2D eigenvalue weighted by atomic mass is 16.6. The Morgan fingerprint density at radius 3 is 2.89 bits per heavy atom. The molecule has 2 aliphatic heterocycles. The molecule has 1 spiro atoms. The Labute approximate surface area is 108 Å². The van der Waals surface area contributed by atoms with Crippen LogP contribution in [0.15, 0.2) is 4.99 Å². The van der Waals surface area contributed by atoms with Crippen molar-refractivity contribution in [3.05, 3.63) is 0 Å². The molecule has 0 amide bonds. The lowest BCUT2D eigenvalue weighted by Crippen LogP contribution is -2.64. The number of aliphatic imine (C=N–C) groups is 1. The van der Waals surface area contributed by atoms with E-state index in [1.54, 1.807) is 0 Å². The molecule has 2 heterocycles. The van der Waals surface area contributed by atoms with Gasteiger partial charge in [-0.15, -0.1) is 0 Å². The molecule has 5 heteroatoms. The normalized spacial score (nSPS) is 39.8. The van der Waals surface area contributed by atoms with Crippen LogP contribution in [0.1, 0.15) is 32.6 Å². The first kappa shape index (κ1) is 12.2. The number of likely N-dealkylation sites (tertiary alicyclic amines) is 1. The Morgan fingerprint density at radius 1 is 1.50 bits per heavy atom. The molecule has 2 N–H and O–H groups in total. The Balaban J connectivity index is 1.69. The van der Waals surface area contributed by atoms with E-state index in [0.717, 1.165) is 45.6 Å². The van der Waals surface area contributed by atoms with Gasteiger partial charge in [0.1, 0.15) is 5.60 Å². The fraction of sp³-hybridized carbons (Fsp3) is 0.923. The van der Waals surface area contributed by atoms with Gasteiger partial charge in [0.15, 0.2) is 5.96 Å². The molecule has 3 atom stereocenters. The summed E-state index contributed by atoms with van der Waals surface area (Å²) >= 11 is 0. The average Bonchev–Trinajstić information content (AvgIpc) is 2.77. The molecule has 18 heavy (non-hydrogen) atoms. The molecular formula is C13H23N3O2. The van der Waals surface area contributed by atoms with E-state index >= 15 is 0 Å². The fourth-order valence-electron chi connectivity index (χ4n) is 3.21. The van der Waals surface area contributed by atoms with Crippen LogP contribution in [0.4, 0.5) is 0 Å². The van der Waals surface area contributed by atoms with E-state index in [4.69, 9.17) is 15.2 Å². The van der Waals surface area contributed by atoms with Gasteiger partial charge in [-0.3, -0.25) is 0 Å². The van der Waals surface area contributed by atoms with Gasteiger partial charge in [-0.2, -0.15) is 0 Å². The van der Waals surface area contributed by atoms with Crippen LogP contribution in [-0.4, -0.2) is 54.9 Å². The summed E-state index contributed by atoms with van der Waals surface area (Å²) < 4.78 is 11.8. The minimum Gasteiger partial charge on any atom is -0.375 e. The fourth-order valence-corrected chi connectivity index (χ4v) is 3.21. The molecule has 0 bridgehead atoms. The van der Waals surface area contributed by atoms with Gasteiger partial charge in [0.2, 0.25) is 0 Å². The molecule has 1 aliphatic carbocycles. The number of nitrogens with two attached hydrogens (primary N) is 1. The highest BCUT2D eigenvalue weighted by molar-refractivity contribution is 5.79. The average molecular weight is 253 g/mol. The molecule has 5 nitrogen and oxygen atoms in total. The number of ether oxygens (including phenoxy) is 2. The summed E-state index contributed by atoms with van der Waals surface area (Å²) in [6.07, 6.45) is 4.55. The lowest BCUT2D eigenvalue weighted by atomic mass is 9.70. The highest BCUT2D eigenvalue weighted by Crippen LogP contribution is 2.47. The number of guanidine groups is 1. The van der Waals surface area contributed by atoms with Crippen LogP contribution in [0.5, 0.6) is 0 Å². The lowest BCUT2D eigenvalue weighted by Gasteiger charge is -2.50. The van der Waals surface area contributed by atoms with Crippen molar-refractivity contribution in [1.29, 1.82) is 0 Å². The van der Waals surface area contributed by atoms with Crippen LogP contribution in [-0.2, 0) is 9.47 Å². The molecule has 3 rings (SSSR count). The smallest absolute Gasteiger partial charge is 0.191 e. The molecule has 3 unspecified atom stereocenters. The lowest BCUT2D eigenvalue weighted by molar-refractivity contribution is -0.189. The van der Waals surface area contributed by atoms with Crippen LogP contribution in [0.2, 0.25) is 0 Å². The van der Waals surface area contributed by atoms with Crippen LogP contribution in [0.25, 0.3) is 0 Å². The Bertz CT molecular complexity index is 335. The molecule has 0 aromatic rings. The Kier molecular flexibility index (Phi) is 3.20. The number of rotatable bonds is 3. The maximum Gasteiger partial charge on any atom is 0.191 e. The minimum atomic E-state index is -0.175. The predicted octanol–water partition coefficient (Wildman–Crippen LogP) is 0.733. The topological polar surface area (TPSA) is 60.1 Å². The maximum atomic E-state index is 6.04. The third-order valence-corrected chi connectivity index (χ3v) is 4.47. The molecule has 3 fully saturated rings. The summed E-state index contributed by atoms with van der Waals surface area (Å²) in [6.45, 7) is 5.70. The summed E-state index contributed by atoms with van der Waals surface area (Å²) in [4.78, 5) is 6.82. The third-order valence-electron chi connectivity index (χ3n) is 4.47. The van der Waals surface area contributed by atoms with Gasteiger partial charge in [0.05, 0.1) is 12.1 Å². The first-order valence-corrected chi connectivity index (χ1v) is 7.10. The first-order chi connectivity index (χ1) is 8.76. The van der Waals surface area contributed by atoms with Crippen LogP contribution >= 0.6 is 0 Å². The van der Waals surface area contributed by atoms with Crippen molar-refractivity contribution < 1.29 is 9.47 Å². The summed E-state index contributed by atoms with van der Waals surface area (Å²) in [7, 11) is 0. The van der Waals surface area contributed by atoms with Crippen molar-refractivity contribution >= 4 is 5.96 Å². The van der Waals surface area contributed by atoms with Crippen molar-refractivity contribution in [1.82, 2.24) is 4.90 Å². The van der Waals surface area contributed by atoms with Crippen molar-refractivity contribution in [2.75, 3.05) is 26.3 Å². The third kappa shape index (κ3) is 1.80. The van der Waals surface area contributed by atoms with Gasteiger partial charge in [-0.1, -0.05) is 0 Å². The van der Waals surface area contributed by atoms with Crippen molar-refractivity contribution in [3.8, 4) is 0 Å². The quantitative estimate of drug-likeness (QED) is 0.595. The molecule has 1 saturated carbocycles. The molecule has 102 valence electrons. The zero-order valence-electron chi connectivity index (χ0n) is 11.1. The number of hydrogen-bond acceptors (Lipinski definition) is 3. The maximum absolute atomic E-state index is 6.04. The molecule has 3 aliphatic rings. The van der Waals surface area contributed by atoms with E-state index in [2.05, 4.69) is 9.89 Å². The zero-order chi connectivity index (χ0) is 12.6. The summed E-state index contributed by atoms with van der Waals surface area (Å²) in [5.41, 5.74) is 5.86. The van der Waals surface area contributed by atoms with E-state index in [1.807, 2.05) is 6.92 Å². The van der Waals surface area contributed by atoms with Gasteiger partial charge >= 0.3 is 0 Å². The van der Waals surface area contributed by atoms with Crippen LogP contribution in [0.3, 0.4) is 0 Å². The monoisotopic (exact) mass is 253 g/mol. The molecule has 0 aromatic carbocycles. The van der Waals surface area contributed by atoms with Crippen molar-refractivity contribution in [3.63, 3.8) is 0 Å². The van der Waals surface area contributed by atoms with Crippen molar-refractivity contribution in [2.45, 2.75) is 50.4 Å². The highest BCUT2D eigenvalue weighted by Gasteiger charge is 2.59. The second-order valence-corrected chi connectivity index (χ2v) is 5.43. The zero-order valence-corrected chi connectivity index (χ0v) is 11.1. The van der Waals surface area contributed by atoms with Gasteiger partial charge in [-0.05, 0) is 26.2 Å². The predicted molar refractivity (Wildman–Crippen MR) is 69.5 cm³/mol. The van der Waals surface area contributed by atoms with E-state index in [0.29, 0.717) is 5.96 Å². The molecule has 0 radical (unpaired) electrons. The molecular weight excluding hydrogens is 230 g/mol. The minimum absolute atomic E-state index is 0.175. The second kappa shape index (κ2) is 4.70. The van der Waals surface area contributed by atoms with Crippen molar-refractivity contribution in [2.24, 2.45) is 10.7 Å². The van der Waals surface area contributed by atoms with Crippen LogP contribution in [0, 0.1) is 0 Å². The van der Waals surface area contributed by atoms with Gasteiger partial charge in [-0.25, -0.2) is 4.99 Å². The molecule has 0 aromatic heterocycles. The SMILES string of the molecule is CCOC1CC(N=C(N)N2CCC2)C12CCCO2. The van der Waals surface area contributed by atoms with E-state index in [1.165, 1.54) is 6.42 Å². The Morgan fingerprint density at radius 2 is 2.33 bits per heavy atom. The van der Waals surface area contributed by atoms with E-state index in [9.17, 15) is 0 Å². The summed E-state index contributed by atoms with van der Waals surface area (Å²) in [6, 6.07) is 0.192. The summed E-state index contributed by atoms with van der Waals surface area (Å²) in [5.74, 6) is 0.691. The van der Waals surface area contributed by atoms with Gasteiger partial charge in [0, 0.05) is 32.7 Å². The first-order valence-electron chi connectivity index (χ1n) is 7.10.